The van der Waals surface area contributed by atoms with Gasteiger partial charge in [0.15, 0.2) is 0 Å². The molecule has 1 fully saturated rings. The molecule has 1 aromatic rings. The predicted octanol–water partition coefficient (Wildman–Crippen LogP) is 4.66. The Kier molecular flexibility index (Phi) is 5.32. The molecule has 4 heteroatoms. The quantitative estimate of drug-likeness (QED) is 0.808. The summed E-state index contributed by atoms with van der Waals surface area (Å²) in [6.07, 6.45) is 2.63. The minimum absolute atomic E-state index is 0.484. The fraction of sp³-hybridized carbons (Fsp3) is 0.600. The highest BCUT2D eigenvalue weighted by Gasteiger charge is 2.23. The number of halogens is 2. The normalized spacial score (nSPS) is 22.3. The molecule has 0 aliphatic carbocycles. The number of benzene rings is 1. The molecule has 0 radical (unpaired) electrons. The third-order valence-electron chi connectivity index (χ3n) is 3.93. The van der Waals surface area contributed by atoms with E-state index in [1.807, 2.05) is 0 Å². The van der Waals surface area contributed by atoms with Crippen molar-refractivity contribution in [3.63, 3.8) is 0 Å². The molecule has 1 aromatic carbocycles. The van der Waals surface area contributed by atoms with E-state index < -0.39 is 0 Å². The van der Waals surface area contributed by atoms with Crippen molar-refractivity contribution in [1.29, 1.82) is 0 Å². The molecule has 1 aliphatic heterocycles. The fourth-order valence-electron chi connectivity index (χ4n) is 2.80. The summed E-state index contributed by atoms with van der Waals surface area (Å²) in [5, 5.41) is 3.68. The van der Waals surface area contributed by atoms with E-state index in [-0.39, 0.29) is 0 Å². The van der Waals surface area contributed by atoms with Crippen LogP contribution in [0.15, 0.2) is 21.1 Å². The Morgan fingerprint density at radius 1 is 1.32 bits per heavy atom. The molecule has 2 atom stereocenters. The molecule has 1 saturated heterocycles. The van der Waals surface area contributed by atoms with Crippen LogP contribution in [0.4, 0.5) is 5.69 Å². The van der Waals surface area contributed by atoms with Crippen molar-refractivity contribution < 1.29 is 0 Å². The highest BCUT2D eigenvalue weighted by molar-refractivity contribution is 9.11. The van der Waals surface area contributed by atoms with Gasteiger partial charge < -0.3 is 10.2 Å². The van der Waals surface area contributed by atoms with Gasteiger partial charge >= 0.3 is 0 Å². The molecule has 1 heterocycles. The van der Waals surface area contributed by atoms with Gasteiger partial charge in [0, 0.05) is 21.5 Å². The third-order valence-corrected chi connectivity index (χ3v) is 5.18. The van der Waals surface area contributed by atoms with E-state index in [0.717, 1.165) is 14.9 Å². The molecule has 2 unspecified atom stereocenters. The van der Waals surface area contributed by atoms with Gasteiger partial charge in [0.05, 0.1) is 5.69 Å². The number of piperidine rings is 1. The van der Waals surface area contributed by atoms with Gasteiger partial charge in [-0.3, -0.25) is 0 Å². The molecule has 106 valence electrons. The second-order valence-electron chi connectivity index (χ2n) is 5.70. The van der Waals surface area contributed by atoms with E-state index in [4.69, 9.17) is 0 Å². The van der Waals surface area contributed by atoms with E-state index in [0.29, 0.717) is 6.04 Å². The van der Waals surface area contributed by atoms with Crippen LogP contribution in [0.5, 0.6) is 0 Å². The zero-order valence-electron chi connectivity index (χ0n) is 11.8. The second kappa shape index (κ2) is 6.59. The SMILES string of the molecule is Cc1cc(Br)c(NC(C)C2CCCN(C)C2)c(Br)c1. The standard InChI is InChI=1S/C15H22Br2N2/c1-10-7-13(16)15(14(17)8-10)18-11(2)12-5-4-6-19(3)9-12/h7-8,11-12,18H,4-6,9H2,1-3H3. The van der Waals surface area contributed by atoms with Crippen molar-refractivity contribution in [1.82, 2.24) is 4.90 Å². The van der Waals surface area contributed by atoms with Gasteiger partial charge in [0.2, 0.25) is 0 Å². The van der Waals surface area contributed by atoms with Crippen LogP contribution in [-0.2, 0) is 0 Å². The van der Waals surface area contributed by atoms with E-state index in [2.05, 4.69) is 75.1 Å². The van der Waals surface area contributed by atoms with Crippen LogP contribution >= 0.6 is 31.9 Å². The maximum absolute atomic E-state index is 3.68. The predicted molar refractivity (Wildman–Crippen MR) is 89.9 cm³/mol. The lowest BCUT2D eigenvalue weighted by molar-refractivity contribution is 0.197. The lowest BCUT2D eigenvalue weighted by atomic mass is 9.91. The van der Waals surface area contributed by atoms with Crippen molar-refractivity contribution in [3.05, 3.63) is 26.6 Å². The van der Waals surface area contributed by atoms with Gasteiger partial charge in [-0.1, -0.05) is 0 Å². The first-order valence-corrected chi connectivity index (χ1v) is 8.46. The summed E-state index contributed by atoms with van der Waals surface area (Å²) in [5.74, 6) is 0.721. The Morgan fingerprint density at radius 2 is 1.95 bits per heavy atom. The highest BCUT2D eigenvalue weighted by Crippen LogP contribution is 2.34. The summed E-state index contributed by atoms with van der Waals surface area (Å²) < 4.78 is 2.27. The average molecular weight is 390 g/mol. The van der Waals surface area contributed by atoms with E-state index in [1.54, 1.807) is 0 Å². The Morgan fingerprint density at radius 3 is 2.53 bits per heavy atom. The molecule has 0 bridgehead atoms. The molecular weight excluding hydrogens is 368 g/mol. The lowest BCUT2D eigenvalue weighted by Crippen LogP contribution is -2.40. The summed E-state index contributed by atoms with van der Waals surface area (Å²) in [6, 6.07) is 4.80. The molecule has 1 aliphatic rings. The summed E-state index contributed by atoms with van der Waals surface area (Å²) in [4.78, 5) is 2.44. The van der Waals surface area contributed by atoms with Crippen LogP contribution in [0.2, 0.25) is 0 Å². The van der Waals surface area contributed by atoms with Crippen LogP contribution in [0.1, 0.15) is 25.3 Å². The maximum Gasteiger partial charge on any atom is 0.0631 e. The molecule has 19 heavy (non-hydrogen) atoms. The molecule has 0 amide bonds. The zero-order valence-corrected chi connectivity index (χ0v) is 15.0. The van der Waals surface area contributed by atoms with Crippen LogP contribution in [-0.4, -0.2) is 31.1 Å². The third kappa shape index (κ3) is 3.96. The smallest absolute Gasteiger partial charge is 0.0631 e. The van der Waals surface area contributed by atoms with Gasteiger partial charge in [-0.25, -0.2) is 0 Å². The minimum Gasteiger partial charge on any atom is -0.380 e. The summed E-state index contributed by atoms with van der Waals surface area (Å²) in [6.45, 7) is 6.83. The van der Waals surface area contributed by atoms with Crippen molar-refractivity contribution in [2.45, 2.75) is 32.7 Å². The van der Waals surface area contributed by atoms with E-state index in [9.17, 15) is 0 Å². The number of likely N-dealkylation sites (tertiary alicyclic amines) is 1. The van der Waals surface area contributed by atoms with Gasteiger partial charge in [-0.15, -0.1) is 0 Å². The van der Waals surface area contributed by atoms with Crippen molar-refractivity contribution in [3.8, 4) is 0 Å². The Balaban J connectivity index is 2.08. The van der Waals surface area contributed by atoms with Crippen molar-refractivity contribution >= 4 is 37.5 Å². The lowest BCUT2D eigenvalue weighted by Gasteiger charge is -2.34. The Bertz CT molecular complexity index is 425. The van der Waals surface area contributed by atoms with E-state index >= 15 is 0 Å². The molecule has 0 aromatic heterocycles. The average Bonchev–Trinajstić information content (AvgIpc) is 2.33. The molecule has 2 rings (SSSR count). The Hall–Kier alpha value is -0.0600. The number of anilines is 1. The Labute approximate surface area is 133 Å². The fourth-order valence-corrected chi connectivity index (χ4v) is 4.44. The molecule has 1 N–H and O–H groups in total. The highest BCUT2D eigenvalue weighted by atomic mass is 79.9. The van der Waals surface area contributed by atoms with Gasteiger partial charge in [0.25, 0.3) is 0 Å². The van der Waals surface area contributed by atoms with Crippen molar-refractivity contribution in [2.24, 2.45) is 5.92 Å². The van der Waals surface area contributed by atoms with Crippen LogP contribution in [0.25, 0.3) is 0 Å². The maximum atomic E-state index is 3.68. The number of aryl methyl sites for hydroxylation is 1. The summed E-state index contributed by atoms with van der Waals surface area (Å²) in [7, 11) is 2.22. The monoisotopic (exact) mass is 388 g/mol. The number of hydrogen-bond acceptors (Lipinski definition) is 2. The molecular formula is C15H22Br2N2. The van der Waals surface area contributed by atoms with Crippen LogP contribution < -0.4 is 5.32 Å². The first-order valence-electron chi connectivity index (χ1n) is 6.88. The summed E-state index contributed by atoms with van der Waals surface area (Å²) >= 11 is 7.32. The topological polar surface area (TPSA) is 15.3 Å². The minimum atomic E-state index is 0.484. The second-order valence-corrected chi connectivity index (χ2v) is 7.41. The number of rotatable bonds is 3. The zero-order chi connectivity index (χ0) is 14.0. The van der Waals surface area contributed by atoms with Crippen molar-refractivity contribution in [2.75, 3.05) is 25.5 Å². The van der Waals surface area contributed by atoms with Gasteiger partial charge in [-0.2, -0.15) is 0 Å². The van der Waals surface area contributed by atoms with Gasteiger partial charge in [-0.05, 0) is 95.8 Å². The first-order chi connectivity index (χ1) is 8.97. The number of nitrogens with zero attached hydrogens (tertiary/aromatic N) is 1. The molecule has 2 nitrogen and oxygen atoms in total. The molecule has 0 spiro atoms. The number of nitrogens with one attached hydrogen (secondary N) is 1. The molecule has 0 saturated carbocycles. The largest absolute Gasteiger partial charge is 0.380 e. The summed E-state index contributed by atoms with van der Waals surface area (Å²) in [5.41, 5.74) is 2.43. The first kappa shape index (κ1) is 15.3. The van der Waals surface area contributed by atoms with Gasteiger partial charge in [0.1, 0.15) is 0 Å². The number of hydrogen-bond donors (Lipinski definition) is 1. The van der Waals surface area contributed by atoms with Crippen LogP contribution in [0, 0.1) is 12.8 Å². The van der Waals surface area contributed by atoms with E-state index in [1.165, 1.54) is 37.2 Å². The van der Waals surface area contributed by atoms with Crippen LogP contribution in [0.3, 0.4) is 0 Å².